The highest BCUT2D eigenvalue weighted by Gasteiger charge is 2.29. The number of aryl methyl sites for hydroxylation is 1. The molecule has 150 valence electrons. The van der Waals surface area contributed by atoms with Crippen LogP contribution in [0.2, 0.25) is 0 Å². The second kappa shape index (κ2) is 7.80. The molecule has 0 bridgehead atoms. The summed E-state index contributed by atoms with van der Waals surface area (Å²) in [6.45, 7) is 7.66. The minimum Gasteiger partial charge on any atom is -0.354 e. The lowest BCUT2D eigenvalue weighted by Crippen LogP contribution is -2.49. The molecular formula is C18H23N5O4S. The third-order valence-corrected chi connectivity index (χ3v) is 6.54. The van der Waals surface area contributed by atoms with Crippen LogP contribution < -0.4 is 4.90 Å². The lowest BCUT2D eigenvalue weighted by atomic mass is 10.2. The van der Waals surface area contributed by atoms with Crippen molar-refractivity contribution >= 4 is 21.5 Å². The highest BCUT2D eigenvalue weighted by atomic mass is 32.2. The molecule has 2 heterocycles. The number of rotatable bonds is 5. The first-order chi connectivity index (χ1) is 13.2. The van der Waals surface area contributed by atoms with Crippen molar-refractivity contribution in [2.24, 2.45) is 0 Å². The Balaban J connectivity index is 1.73. The second-order valence-corrected chi connectivity index (χ2v) is 8.96. The van der Waals surface area contributed by atoms with Crippen molar-refractivity contribution in [2.75, 3.05) is 31.1 Å². The van der Waals surface area contributed by atoms with Gasteiger partial charge in [0.25, 0.3) is 5.69 Å². The SMILES string of the molecule is Cc1cc(N2CCN(S(=O)(=O)c3ccc([N+](=O)[O-])cc3)CC2)nc(C(C)C)n1. The molecule has 0 saturated carbocycles. The number of nitrogens with zero attached hydrogens (tertiary/aromatic N) is 5. The summed E-state index contributed by atoms with van der Waals surface area (Å²) in [6.07, 6.45) is 0. The van der Waals surface area contributed by atoms with E-state index in [1.807, 2.05) is 26.8 Å². The molecule has 1 aliphatic heterocycles. The lowest BCUT2D eigenvalue weighted by molar-refractivity contribution is -0.384. The molecule has 1 fully saturated rings. The minimum absolute atomic E-state index is 0.0616. The molecule has 0 N–H and O–H groups in total. The summed E-state index contributed by atoms with van der Waals surface area (Å²) >= 11 is 0. The van der Waals surface area contributed by atoms with Crippen molar-refractivity contribution in [2.45, 2.75) is 31.6 Å². The first-order valence-corrected chi connectivity index (χ1v) is 10.5. The maximum Gasteiger partial charge on any atom is 0.269 e. The molecule has 2 aromatic rings. The van der Waals surface area contributed by atoms with Crippen LogP contribution in [0.3, 0.4) is 0 Å². The first kappa shape index (κ1) is 20.2. The molecule has 1 aromatic heterocycles. The van der Waals surface area contributed by atoms with Crippen LogP contribution in [-0.4, -0.2) is 53.8 Å². The van der Waals surface area contributed by atoms with Crippen LogP contribution in [0.1, 0.15) is 31.3 Å². The van der Waals surface area contributed by atoms with Gasteiger partial charge in [-0.25, -0.2) is 18.4 Å². The molecule has 1 saturated heterocycles. The van der Waals surface area contributed by atoms with Crippen molar-refractivity contribution in [3.63, 3.8) is 0 Å². The van der Waals surface area contributed by atoms with E-state index in [2.05, 4.69) is 14.9 Å². The van der Waals surface area contributed by atoms with Crippen molar-refractivity contribution in [1.82, 2.24) is 14.3 Å². The van der Waals surface area contributed by atoms with Gasteiger partial charge in [0.1, 0.15) is 11.6 Å². The third kappa shape index (κ3) is 4.12. The van der Waals surface area contributed by atoms with E-state index in [0.717, 1.165) is 17.3 Å². The van der Waals surface area contributed by atoms with E-state index in [9.17, 15) is 18.5 Å². The van der Waals surface area contributed by atoms with Gasteiger partial charge >= 0.3 is 0 Å². The van der Waals surface area contributed by atoms with E-state index in [0.29, 0.717) is 26.2 Å². The standard InChI is InChI=1S/C18H23N5O4S/c1-13(2)18-19-14(3)12-17(20-18)21-8-10-22(11-9-21)28(26,27)16-6-4-15(5-7-16)23(24)25/h4-7,12-13H,8-11H2,1-3H3. The largest absolute Gasteiger partial charge is 0.354 e. The number of nitro groups is 1. The number of aromatic nitrogens is 2. The summed E-state index contributed by atoms with van der Waals surface area (Å²) in [5.74, 6) is 1.79. The summed E-state index contributed by atoms with van der Waals surface area (Å²) in [7, 11) is -3.69. The van der Waals surface area contributed by atoms with Crippen LogP contribution in [0.5, 0.6) is 0 Å². The smallest absolute Gasteiger partial charge is 0.269 e. The molecule has 28 heavy (non-hydrogen) atoms. The molecule has 0 atom stereocenters. The molecule has 0 spiro atoms. The van der Waals surface area contributed by atoms with Gasteiger partial charge in [0, 0.05) is 56.0 Å². The zero-order valence-corrected chi connectivity index (χ0v) is 16.9. The van der Waals surface area contributed by atoms with Gasteiger partial charge in [-0.1, -0.05) is 13.8 Å². The quantitative estimate of drug-likeness (QED) is 0.554. The lowest BCUT2D eigenvalue weighted by Gasteiger charge is -2.35. The van der Waals surface area contributed by atoms with Crippen molar-refractivity contribution in [3.05, 3.63) is 52.0 Å². The summed E-state index contributed by atoms with van der Waals surface area (Å²) in [5, 5.41) is 10.8. The molecule has 1 aromatic carbocycles. The van der Waals surface area contributed by atoms with Gasteiger partial charge in [-0.15, -0.1) is 0 Å². The number of sulfonamides is 1. The van der Waals surface area contributed by atoms with Crippen LogP contribution in [-0.2, 0) is 10.0 Å². The van der Waals surface area contributed by atoms with Gasteiger partial charge in [-0.3, -0.25) is 10.1 Å². The van der Waals surface area contributed by atoms with Gasteiger partial charge in [0.05, 0.1) is 9.82 Å². The zero-order chi connectivity index (χ0) is 20.5. The van der Waals surface area contributed by atoms with Gasteiger partial charge in [-0.05, 0) is 19.1 Å². The van der Waals surface area contributed by atoms with Crippen LogP contribution in [0.15, 0.2) is 35.2 Å². The van der Waals surface area contributed by atoms with Crippen LogP contribution in [0.25, 0.3) is 0 Å². The third-order valence-electron chi connectivity index (χ3n) is 4.62. The summed E-state index contributed by atoms with van der Waals surface area (Å²) < 4.78 is 27.0. The van der Waals surface area contributed by atoms with E-state index in [1.54, 1.807) is 0 Å². The van der Waals surface area contributed by atoms with Gasteiger partial charge in [-0.2, -0.15) is 4.31 Å². The molecule has 1 aliphatic rings. The van der Waals surface area contributed by atoms with E-state index < -0.39 is 14.9 Å². The number of hydrogen-bond donors (Lipinski definition) is 0. The summed E-state index contributed by atoms with van der Waals surface area (Å²) in [4.78, 5) is 21.4. The fourth-order valence-electron chi connectivity index (χ4n) is 3.04. The number of non-ortho nitro benzene ring substituents is 1. The maximum atomic E-state index is 12.8. The topological polar surface area (TPSA) is 110 Å². The number of benzene rings is 1. The Morgan fingerprint density at radius 1 is 1.07 bits per heavy atom. The molecule has 10 heteroatoms. The summed E-state index contributed by atoms with van der Waals surface area (Å²) in [6, 6.07) is 6.89. The molecule has 0 aliphatic carbocycles. The van der Waals surface area contributed by atoms with Crippen molar-refractivity contribution in [3.8, 4) is 0 Å². The number of nitro benzene ring substituents is 1. The minimum atomic E-state index is -3.69. The number of anilines is 1. The summed E-state index contributed by atoms with van der Waals surface area (Å²) in [5.41, 5.74) is 0.749. The predicted molar refractivity (Wildman–Crippen MR) is 105 cm³/mol. The average Bonchev–Trinajstić information content (AvgIpc) is 2.67. The molecule has 0 radical (unpaired) electrons. The normalized spacial score (nSPS) is 15.8. The van der Waals surface area contributed by atoms with Crippen molar-refractivity contribution in [1.29, 1.82) is 0 Å². The van der Waals surface area contributed by atoms with E-state index in [4.69, 9.17) is 0 Å². The number of piperazine rings is 1. The van der Waals surface area contributed by atoms with Crippen LogP contribution >= 0.6 is 0 Å². The monoisotopic (exact) mass is 405 g/mol. The van der Waals surface area contributed by atoms with E-state index in [-0.39, 0.29) is 16.5 Å². The highest BCUT2D eigenvalue weighted by Crippen LogP contribution is 2.23. The van der Waals surface area contributed by atoms with Gasteiger partial charge in [0.15, 0.2) is 0 Å². The maximum absolute atomic E-state index is 12.8. The van der Waals surface area contributed by atoms with E-state index >= 15 is 0 Å². The average molecular weight is 405 g/mol. The molecule has 9 nitrogen and oxygen atoms in total. The molecule has 0 amide bonds. The Morgan fingerprint density at radius 3 is 2.21 bits per heavy atom. The highest BCUT2D eigenvalue weighted by molar-refractivity contribution is 7.89. The number of hydrogen-bond acceptors (Lipinski definition) is 7. The molecule has 3 rings (SSSR count). The van der Waals surface area contributed by atoms with Gasteiger partial charge in [0.2, 0.25) is 10.0 Å². The Hall–Kier alpha value is -2.59. The fourth-order valence-corrected chi connectivity index (χ4v) is 4.46. The van der Waals surface area contributed by atoms with Gasteiger partial charge < -0.3 is 4.90 Å². The van der Waals surface area contributed by atoms with Crippen LogP contribution in [0.4, 0.5) is 11.5 Å². The van der Waals surface area contributed by atoms with Crippen LogP contribution in [0, 0.1) is 17.0 Å². The van der Waals surface area contributed by atoms with E-state index in [1.165, 1.54) is 28.6 Å². The Bertz CT molecular complexity index is 968. The molecular weight excluding hydrogens is 382 g/mol. The Kier molecular flexibility index (Phi) is 5.61. The zero-order valence-electron chi connectivity index (χ0n) is 16.1. The Labute approximate surface area is 164 Å². The Morgan fingerprint density at radius 2 is 1.68 bits per heavy atom. The molecule has 0 unspecified atom stereocenters. The second-order valence-electron chi connectivity index (χ2n) is 7.02. The first-order valence-electron chi connectivity index (χ1n) is 9.03. The van der Waals surface area contributed by atoms with Crippen molar-refractivity contribution < 1.29 is 13.3 Å². The predicted octanol–water partition coefficient (Wildman–Crippen LogP) is 2.33. The fraction of sp³-hybridized carbons (Fsp3) is 0.444.